The van der Waals surface area contributed by atoms with Gasteiger partial charge in [-0.15, -0.1) is 0 Å². The second-order valence-electron chi connectivity index (χ2n) is 10.6. The van der Waals surface area contributed by atoms with Crippen molar-refractivity contribution in [3.05, 3.63) is 71.0 Å². The van der Waals surface area contributed by atoms with Crippen molar-refractivity contribution in [2.45, 2.75) is 70.5 Å². The standard InChI is InChI=1S/C30H36FN3O5/c1-20-7-4-10-22(17-20)25(19-27(36)37)32-28(38)29-33(26(35)14-13-21-8-2-3-9-21)15-6-16-34(29)30(39)23-11-5-12-24(31)18-23/h4-5,7,10-12,17-18,21,25,29H,2-3,6,8-9,13-16,19H2,1H3,(H,32,38)(H,36,37). The highest BCUT2D eigenvalue weighted by atomic mass is 19.1. The van der Waals surface area contributed by atoms with Gasteiger partial charge in [0.25, 0.3) is 11.8 Å². The van der Waals surface area contributed by atoms with Crippen LogP contribution in [0.3, 0.4) is 0 Å². The molecule has 1 aliphatic heterocycles. The van der Waals surface area contributed by atoms with Crippen molar-refractivity contribution in [1.29, 1.82) is 0 Å². The monoisotopic (exact) mass is 537 g/mol. The van der Waals surface area contributed by atoms with Crippen LogP contribution in [0.15, 0.2) is 48.5 Å². The molecule has 4 rings (SSSR count). The van der Waals surface area contributed by atoms with Crippen molar-refractivity contribution in [2.75, 3.05) is 13.1 Å². The van der Waals surface area contributed by atoms with Gasteiger partial charge in [-0.2, -0.15) is 0 Å². The van der Waals surface area contributed by atoms with E-state index in [4.69, 9.17) is 0 Å². The summed E-state index contributed by atoms with van der Waals surface area (Å²) in [6.45, 7) is 2.37. The van der Waals surface area contributed by atoms with E-state index in [0.717, 1.165) is 43.7 Å². The number of carbonyl (C=O) groups excluding carboxylic acids is 3. The second kappa shape index (κ2) is 12.9. The maximum atomic E-state index is 13.9. The van der Waals surface area contributed by atoms with Crippen molar-refractivity contribution in [3.8, 4) is 0 Å². The highest BCUT2D eigenvalue weighted by Gasteiger charge is 2.41. The number of hydrogen-bond acceptors (Lipinski definition) is 4. The van der Waals surface area contributed by atoms with Crippen molar-refractivity contribution >= 4 is 23.7 Å². The molecule has 0 aromatic heterocycles. The summed E-state index contributed by atoms with van der Waals surface area (Å²) in [4.78, 5) is 55.3. The minimum absolute atomic E-state index is 0.0776. The third kappa shape index (κ3) is 7.22. The number of aryl methyl sites for hydroxylation is 1. The first kappa shape index (κ1) is 28.3. The van der Waals surface area contributed by atoms with E-state index < -0.39 is 35.8 Å². The zero-order valence-electron chi connectivity index (χ0n) is 22.3. The highest BCUT2D eigenvalue weighted by Crippen LogP contribution is 2.30. The molecule has 3 amide bonds. The number of benzene rings is 2. The fourth-order valence-corrected chi connectivity index (χ4v) is 5.70. The number of nitrogens with zero attached hydrogens (tertiary/aromatic N) is 2. The summed E-state index contributed by atoms with van der Waals surface area (Å²) in [5.41, 5.74) is 1.60. The Labute approximate surface area is 228 Å². The molecule has 0 spiro atoms. The van der Waals surface area contributed by atoms with Crippen LogP contribution >= 0.6 is 0 Å². The summed E-state index contributed by atoms with van der Waals surface area (Å²) in [5.74, 6) is -2.61. The van der Waals surface area contributed by atoms with Gasteiger partial charge in [-0.3, -0.25) is 19.2 Å². The number of carbonyl (C=O) groups is 4. The van der Waals surface area contributed by atoms with E-state index in [9.17, 15) is 28.7 Å². The average molecular weight is 538 g/mol. The summed E-state index contributed by atoms with van der Waals surface area (Å²) in [5, 5.41) is 12.4. The lowest BCUT2D eigenvalue weighted by Crippen LogP contribution is -2.63. The predicted molar refractivity (Wildman–Crippen MR) is 143 cm³/mol. The van der Waals surface area contributed by atoms with Crippen LogP contribution in [0.4, 0.5) is 4.39 Å². The Morgan fingerprint density at radius 3 is 2.41 bits per heavy atom. The van der Waals surface area contributed by atoms with Crippen LogP contribution in [0.25, 0.3) is 0 Å². The van der Waals surface area contributed by atoms with E-state index in [1.54, 1.807) is 18.2 Å². The van der Waals surface area contributed by atoms with Gasteiger partial charge in [0.2, 0.25) is 5.91 Å². The molecule has 2 N–H and O–H groups in total. The molecule has 0 bridgehead atoms. The van der Waals surface area contributed by atoms with Crippen LogP contribution in [-0.4, -0.2) is 57.9 Å². The lowest BCUT2D eigenvalue weighted by atomic mass is 10.00. The summed E-state index contributed by atoms with van der Waals surface area (Å²) >= 11 is 0. The van der Waals surface area contributed by atoms with Crippen molar-refractivity contribution in [3.63, 3.8) is 0 Å². The second-order valence-corrected chi connectivity index (χ2v) is 10.6. The van der Waals surface area contributed by atoms with Gasteiger partial charge in [0, 0.05) is 25.1 Å². The number of halogens is 1. The van der Waals surface area contributed by atoms with Crippen LogP contribution in [0.5, 0.6) is 0 Å². The zero-order chi connectivity index (χ0) is 27.9. The van der Waals surface area contributed by atoms with Crippen LogP contribution in [0, 0.1) is 18.7 Å². The fourth-order valence-electron chi connectivity index (χ4n) is 5.70. The van der Waals surface area contributed by atoms with Gasteiger partial charge in [0.15, 0.2) is 6.17 Å². The first-order valence-corrected chi connectivity index (χ1v) is 13.7. The van der Waals surface area contributed by atoms with Gasteiger partial charge in [0.1, 0.15) is 5.82 Å². The highest BCUT2D eigenvalue weighted by molar-refractivity contribution is 5.99. The van der Waals surface area contributed by atoms with Gasteiger partial charge >= 0.3 is 5.97 Å². The Morgan fingerprint density at radius 1 is 1.00 bits per heavy atom. The number of rotatable bonds is 9. The smallest absolute Gasteiger partial charge is 0.305 e. The maximum Gasteiger partial charge on any atom is 0.305 e. The van der Waals surface area contributed by atoms with E-state index in [-0.39, 0.29) is 30.9 Å². The fraction of sp³-hybridized carbons (Fsp3) is 0.467. The van der Waals surface area contributed by atoms with E-state index in [1.807, 2.05) is 13.0 Å². The number of hydrogen-bond donors (Lipinski definition) is 2. The normalized spacial score (nSPS) is 18.6. The minimum atomic E-state index is -1.27. The molecule has 1 aliphatic carbocycles. The Balaban J connectivity index is 1.62. The Kier molecular flexibility index (Phi) is 9.32. The van der Waals surface area contributed by atoms with Gasteiger partial charge in [0.05, 0.1) is 12.5 Å². The molecule has 2 unspecified atom stereocenters. The lowest BCUT2D eigenvalue weighted by Gasteiger charge is -2.43. The lowest BCUT2D eigenvalue weighted by molar-refractivity contribution is -0.150. The third-order valence-corrected chi connectivity index (χ3v) is 7.66. The van der Waals surface area contributed by atoms with Crippen molar-refractivity contribution in [2.24, 2.45) is 5.92 Å². The first-order valence-electron chi connectivity index (χ1n) is 13.7. The van der Waals surface area contributed by atoms with Gasteiger partial charge in [-0.05, 0) is 49.4 Å². The van der Waals surface area contributed by atoms with Crippen molar-refractivity contribution in [1.82, 2.24) is 15.1 Å². The van der Waals surface area contributed by atoms with Crippen LogP contribution in [0.1, 0.15) is 78.9 Å². The number of carboxylic acids is 1. The average Bonchev–Trinajstić information content (AvgIpc) is 3.44. The molecule has 1 saturated heterocycles. The number of carboxylic acid groups (broad SMARTS) is 1. The van der Waals surface area contributed by atoms with E-state index in [2.05, 4.69) is 5.32 Å². The molecule has 2 aromatic carbocycles. The van der Waals surface area contributed by atoms with Crippen LogP contribution < -0.4 is 5.32 Å². The van der Waals surface area contributed by atoms with Crippen molar-refractivity contribution < 1.29 is 28.7 Å². The van der Waals surface area contributed by atoms with E-state index >= 15 is 0 Å². The molecule has 208 valence electrons. The number of nitrogens with one attached hydrogen (secondary N) is 1. The Bertz CT molecular complexity index is 1210. The molecule has 2 fully saturated rings. The molecule has 1 heterocycles. The minimum Gasteiger partial charge on any atom is -0.481 e. The summed E-state index contributed by atoms with van der Waals surface area (Å²) in [7, 11) is 0. The topological polar surface area (TPSA) is 107 Å². The molecule has 2 aromatic rings. The zero-order valence-corrected chi connectivity index (χ0v) is 22.3. The summed E-state index contributed by atoms with van der Waals surface area (Å²) in [6.07, 6.45) is 4.34. The van der Waals surface area contributed by atoms with Gasteiger partial charge < -0.3 is 20.2 Å². The van der Waals surface area contributed by atoms with Crippen LogP contribution in [-0.2, 0) is 14.4 Å². The Morgan fingerprint density at radius 2 is 1.72 bits per heavy atom. The molecule has 2 aliphatic rings. The van der Waals surface area contributed by atoms with E-state index in [0.29, 0.717) is 24.4 Å². The molecular formula is C30H36FN3O5. The molecule has 2 atom stereocenters. The SMILES string of the molecule is Cc1cccc(C(CC(=O)O)NC(=O)C2N(C(=O)CCC3CCCC3)CCCN2C(=O)c2cccc(F)c2)c1. The number of amides is 3. The largest absolute Gasteiger partial charge is 0.481 e. The molecule has 1 saturated carbocycles. The molecule has 8 nitrogen and oxygen atoms in total. The van der Waals surface area contributed by atoms with Crippen LogP contribution in [0.2, 0.25) is 0 Å². The van der Waals surface area contributed by atoms with Gasteiger partial charge in [-0.1, -0.05) is 61.6 Å². The molecular weight excluding hydrogens is 501 g/mol. The first-order chi connectivity index (χ1) is 18.7. The number of aliphatic carboxylic acids is 1. The van der Waals surface area contributed by atoms with E-state index in [1.165, 1.54) is 28.0 Å². The summed E-state index contributed by atoms with van der Waals surface area (Å²) in [6, 6.07) is 11.6. The predicted octanol–water partition coefficient (Wildman–Crippen LogP) is 4.44. The molecule has 9 heteroatoms. The maximum absolute atomic E-state index is 13.9. The summed E-state index contributed by atoms with van der Waals surface area (Å²) < 4.78 is 13.9. The third-order valence-electron chi connectivity index (χ3n) is 7.66. The Hall–Kier alpha value is -3.75. The van der Waals surface area contributed by atoms with Gasteiger partial charge in [-0.25, -0.2) is 4.39 Å². The quantitative estimate of drug-likeness (QED) is 0.492. The molecule has 39 heavy (non-hydrogen) atoms. The molecule has 0 radical (unpaired) electrons.